The van der Waals surface area contributed by atoms with E-state index in [1.807, 2.05) is 5.38 Å². The van der Waals surface area contributed by atoms with Gasteiger partial charge in [0.25, 0.3) is 5.91 Å². The Balaban J connectivity index is 1.36. The highest BCUT2D eigenvalue weighted by Crippen LogP contribution is 2.28. The van der Waals surface area contributed by atoms with Crippen molar-refractivity contribution in [3.05, 3.63) is 46.4 Å². The van der Waals surface area contributed by atoms with Gasteiger partial charge in [-0.15, -0.1) is 22.7 Å². The standard InChI is InChI=1S/C16H15N7O2S2/c24-13(21-15-19-4-6-26-15)9-23-5-1-10-12(8-23)27-16(20-10)22-14(25)11-7-17-2-3-18-11/h2-4,6-7H,1,5,8-9H2,(H,19,21,24)(H,20,22,25). The maximum absolute atomic E-state index is 12.2. The Bertz CT molecular complexity index is 943. The molecule has 0 bridgehead atoms. The summed E-state index contributed by atoms with van der Waals surface area (Å²) in [5.74, 6) is -0.428. The molecule has 138 valence electrons. The van der Waals surface area contributed by atoms with E-state index in [4.69, 9.17) is 0 Å². The van der Waals surface area contributed by atoms with Gasteiger partial charge >= 0.3 is 0 Å². The predicted octanol–water partition coefficient (Wildman–Crippen LogP) is 1.64. The maximum atomic E-state index is 12.2. The second kappa shape index (κ2) is 7.86. The van der Waals surface area contributed by atoms with Gasteiger partial charge in [-0.3, -0.25) is 24.8 Å². The van der Waals surface area contributed by atoms with Crippen LogP contribution in [0.4, 0.5) is 10.3 Å². The molecule has 0 atom stereocenters. The third-order valence-electron chi connectivity index (χ3n) is 3.87. The highest BCUT2D eigenvalue weighted by atomic mass is 32.1. The molecular formula is C16H15N7O2S2. The van der Waals surface area contributed by atoms with Gasteiger partial charge in [-0.25, -0.2) is 15.0 Å². The van der Waals surface area contributed by atoms with Crippen molar-refractivity contribution >= 4 is 44.8 Å². The van der Waals surface area contributed by atoms with E-state index in [9.17, 15) is 9.59 Å². The minimum atomic E-state index is -0.339. The van der Waals surface area contributed by atoms with Crippen molar-refractivity contribution in [3.63, 3.8) is 0 Å². The molecule has 0 aromatic carbocycles. The molecule has 1 aliphatic heterocycles. The minimum absolute atomic E-state index is 0.0888. The van der Waals surface area contributed by atoms with Gasteiger partial charge in [0.05, 0.1) is 18.4 Å². The molecule has 4 heterocycles. The number of thiazole rings is 2. The van der Waals surface area contributed by atoms with Gasteiger partial charge in [0.2, 0.25) is 5.91 Å². The molecule has 0 radical (unpaired) electrons. The second-order valence-electron chi connectivity index (χ2n) is 5.78. The van der Waals surface area contributed by atoms with Crippen LogP contribution in [-0.2, 0) is 17.8 Å². The van der Waals surface area contributed by atoms with Crippen molar-refractivity contribution in [3.8, 4) is 0 Å². The highest BCUT2D eigenvalue weighted by molar-refractivity contribution is 7.16. The molecule has 11 heteroatoms. The average Bonchev–Trinajstić information content (AvgIpc) is 3.31. The van der Waals surface area contributed by atoms with Crippen molar-refractivity contribution in [1.82, 2.24) is 24.8 Å². The summed E-state index contributed by atoms with van der Waals surface area (Å²) in [7, 11) is 0. The molecule has 9 nitrogen and oxygen atoms in total. The Morgan fingerprint density at radius 3 is 2.85 bits per heavy atom. The number of rotatable bonds is 5. The number of anilines is 2. The summed E-state index contributed by atoms with van der Waals surface area (Å²) in [5.41, 5.74) is 1.21. The van der Waals surface area contributed by atoms with Gasteiger partial charge < -0.3 is 5.32 Å². The number of hydrogen-bond donors (Lipinski definition) is 2. The van der Waals surface area contributed by atoms with Gasteiger partial charge in [-0.1, -0.05) is 0 Å². The lowest BCUT2D eigenvalue weighted by molar-refractivity contribution is -0.117. The molecule has 3 aromatic heterocycles. The maximum Gasteiger partial charge on any atom is 0.277 e. The van der Waals surface area contributed by atoms with Crippen molar-refractivity contribution in [2.45, 2.75) is 13.0 Å². The molecule has 0 aliphatic carbocycles. The summed E-state index contributed by atoms with van der Waals surface area (Å²) in [6.07, 6.45) is 6.78. The van der Waals surface area contributed by atoms with Gasteiger partial charge in [-0.2, -0.15) is 0 Å². The van der Waals surface area contributed by atoms with E-state index in [-0.39, 0.29) is 24.1 Å². The average molecular weight is 401 g/mol. The molecule has 0 fully saturated rings. The first-order valence-corrected chi connectivity index (χ1v) is 9.84. The second-order valence-corrected chi connectivity index (χ2v) is 7.76. The molecule has 1 aliphatic rings. The zero-order valence-electron chi connectivity index (χ0n) is 14.1. The summed E-state index contributed by atoms with van der Waals surface area (Å²) in [4.78, 5) is 43.8. The fraction of sp³-hybridized carbons (Fsp3) is 0.250. The number of nitrogens with zero attached hydrogens (tertiary/aromatic N) is 5. The Kier molecular flexibility index (Phi) is 5.14. The lowest BCUT2D eigenvalue weighted by atomic mass is 10.2. The normalized spacial score (nSPS) is 13.8. The first-order valence-electron chi connectivity index (χ1n) is 8.15. The van der Waals surface area contributed by atoms with Crippen molar-refractivity contribution in [2.75, 3.05) is 23.7 Å². The number of carbonyl (C=O) groups is 2. The quantitative estimate of drug-likeness (QED) is 0.668. The number of aromatic nitrogens is 4. The van der Waals surface area contributed by atoms with Crippen molar-refractivity contribution in [2.24, 2.45) is 0 Å². The largest absolute Gasteiger partial charge is 0.301 e. The van der Waals surface area contributed by atoms with Gasteiger partial charge in [-0.05, 0) is 0 Å². The van der Waals surface area contributed by atoms with Crippen LogP contribution in [0.15, 0.2) is 30.2 Å². The molecule has 3 aromatic rings. The Hall–Kier alpha value is -2.76. The van der Waals surface area contributed by atoms with Crippen LogP contribution < -0.4 is 10.6 Å². The van der Waals surface area contributed by atoms with E-state index in [2.05, 4.69) is 35.5 Å². The topological polar surface area (TPSA) is 113 Å². The number of hydrogen-bond acceptors (Lipinski definition) is 9. The van der Waals surface area contributed by atoms with Crippen LogP contribution >= 0.6 is 22.7 Å². The number of fused-ring (bicyclic) bond motifs is 1. The zero-order chi connectivity index (χ0) is 18.6. The van der Waals surface area contributed by atoms with Crippen molar-refractivity contribution in [1.29, 1.82) is 0 Å². The van der Waals surface area contributed by atoms with Gasteiger partial charge in [0.15, 0.2) is 10.3 Å². The van der Waals surface area contributed by atoms with Crippen molar-refractivity contribution < 1.29 is 9.59 Å². The number of amides is 2. The van der Waals surface area contributed by atoms with E-state index >= 15 is 0 Å². The summed E-state index contributed by atoms with van der Waals surface area (Å²) in [5, 5.41) is 8.50. The highest BCUT2D eigenvalue weighted by Gasteiger charge is 2.23. The molecule has 2 N–H and O–H groups in total. The first-order chi connectivity index (χ1) is 13.2. The van der Waals surface area contributed by atoms with Crippen LogP contribution in [-0.4, -0.2) is 49.7 Å². The fourth-order valence-corrected chi connectivity index (χ4v) is 4.25. The first kappa shape index (κ1) is 17.6. The molecule has 0 saturated heterocycles. The number of nitrogens with one attached hydrogen (secondary N) is 2. The van der Waals surface area contributed by atoms with Crippen LogP contribution in [0.25, 0.3) is 0 Å². The molecule has 0 unspecified atom stereocenters. The van der Waals surface area contributed by atoms with E-state index in [0.717, 1.165) is 23.5 Å². The Morgan fingerprint density at radius 2 is 2.07 bits per heavy atom. The van der Waals surface area contributed by atoms with Gasteiger partial charge in [0.1, 0.15) is 5.69 Å². The van der Waals surface area contributed by atoms with E-state index < -0.39 is 0 Å². The summed E-state index contributed by atoms with van der Waals surface area (Å²) in [6, 6.07) is 0. The SMILES string of the molecule is O=C(CN1CCc2nc(NC(=O)c3cnccn3)sc2C1)Nc1nccs1. The van der Waals surface area contributed by atoms with E-state index in [1.54, 1.807) is 6.20 Å². The molecule has 0 spiro atoms. The minimum Gasteiger partial charge on any atom is -0.301 e. The van der Waals surface area contributed by atoms with Crippen LogP contribution in [0.2, 0.25) is 0 Å². The lowest BCUT2D eigenvalue weighted by Crippen LogP contribution is -2.36. The van der Waals surface area contributed by atoms with Crippen LogP contribution in [0.1, 0.15) is 21.1 Å². The summed E-state index contributed by atoms with van der Waals surface area (Å²) in [6.45, 7) is 1.65. The lowest BCUT2D eigenvalue weighted by Gasteiger charge is -2.24. The third kappa shape index (κ3) is 4.32. The van der Waals surface area contributed by atoms with Crippen LogP contribution in [0.5, 0.6) is 0 Å². The smallest absolute Gasteiger partial charge is 0.277 e. The molecular weight excluding hydrogens is 386 g/mol. The molecule has 27 heavy (non-hydrogen) atoms. The Labute approximate surface area is 162 Å². The van der Waals surface area contributed by atoms with Crippen LogP contribution in [0, 0.1) is 0 Å². The van der Waals surface area contributed by atoms with E-state index in [1.165, 1.54) is 41.3 Å². The molecule has 4 rings (SSSR count). The summed E-state index contributed by atoms with van der Waals surface area (Å²) < 4.78 is 0. The third-order valence-corrected chi connectivity index (χ3v) is 5.56. The van der Waals surface area contributed by atoms with Gasteiger partial charge in [0, 0.05) is 48.4 Å². The van der Waals surface area contributed by atoms with Crippen LogP contribution in [0.3, 0.4) is 0 Å². The fourth-order valence-electron chi connectivity index (χ4n) is 2.66. The summed E-state index contributed by atoms with van der Waals surface area (Å²) >= 11 is 2.81. The molecule has 0 saturated carbocycles. The monoisotopic (exact) mass is 401 g/mol. The Morgan fingerprint density at radius 1 is 1.15 bits per heavy atom. The van der Waals surface area contributed by atoms with E-state index in [0.29, 0.717) is 16.8 Å². The zero-order valence-corrected chi connectivity index (χ0v) is 15.7. The predicted molar refractivity (Wildman–Crippen MR) is 102 cm³/mol. The molecule has 2 amide bonds. The number of carbonyl (C=O) groups excluding carboxylic acids is 2.